The number of aromatic nitrogens is 2. The Morgan fingerprint density at radius 2 is 1.79 bits per heavy atom. The van der Waals surface area contributed by atoms with E-state index in [0.29, 0.717) is 23.8 Å². The number of nitrogens with zero attached hydrogens (tertiary/aromatic N) is 2. The minimum Gasteiger partial charge on any atom is -0.481 e. The molecule has 0 fully saturated rings. The molecule has 0 unspecified atom stereocenters. The van der Waals surface area contributed by atoms with Gasteiger partial charge in [0.2, 0.25) is 0 Å². The third kappa shape index (κ3) is 6.37. The van der Waals surface area contributed by atoms with Gasteiger partial charge in [0.25, 0.3) is 5.91 Å². The molecular formula is C22H24N6O5. The molecule has 2 aromatic carbocycles. The number of amides is 1. The molecule has 0 bridgehead atoms. The summed E-state index contributed by atoms with van der Waals surface area (Å²) in [5.41, 5.74) is 13.5. The number of aliphatic carboxylic acids is 2. The summed E-state index contributed by atoms with van der Waals surface area (Å²) in [6.07, 6.45) is -0.500. The monoisotopic (exact) mass is 452 g/mol. The molecule has 1 atom stereocenters. The first-order valence-corrected chi connectivity index (χ1v) is 10.1. The topological polar surface area (TPSA) is 180 Å². The molecule has 0 aliphatic heterocycles. The van der Waals surface area contributed by atoms with Crippen molar-refractivity contribution in [3.05, 3.63) is 59.4 Å². The number of anilines is 2. The van der Waals surface area contributed by atoms with Gasteiger partial charge in [-0.25, -0.2) is 15.4 Å². The van der Waals surface area contributed by atoms with Crippen molar-refractivity contribution in [3.63, 3.8) is 0 Å². The van der Waals surface area contributed by atoms with E-state index in [-0.39, 0.29) is 12.8 Å². The number of benzene rings is 2. The summed E-state index contributed by atoms with van der Waals surface area (Å²) in [6.45, 7) is 2.28. The number of hydrogen-bond donors (Lipinski definition) is 6. The maximum atomic E-state index is 12.3. The minimum absolute atomic E-state index is 0.165. The molecule has 1 amide bonds. The number of carboxylic acid groups (broad SMARTS) is 2. The van der Waals surface area contributed by atoms with E-state index >= 15 is 0 Å². The molecule has 0 spiro atoms. The first-order valence-electron chi connectivity index (χ1n) is 10.1. The van der Waals surface area contributed by atoms with E-state index in [9.17, 15) is 14.4 Å². The number of aryl methyl sites for hydroxylation is 1. The van der Waals surface area contributed by atoms with Crippen molar-refractivity contribution in [2.45, 2.75) is 32.4 Å². The lowest BCUT2D eigenvalue weighted by atomic mass is 10.1. The Labute approximate surface area is 189 Å². The summed E-state index contributed by atoms with van der Waals surface area (Å²) >= 11 is 0. The molecular weight excluding hydrogens is 428 g/mol. The predicted octanol–water partition coefficient (Wildman–Crippen LogP) is 1.68. The van der Waals surface area contributed by atoms with Crippen LogP contribution in [0, 0.1) is 6.92 Å². The van der Waals surface area contributed by atoms with Crippen LogP contribution in [0.3, 0.4) is 0 Å². The average Bonchev–Trinajstić information content (AvgIpc) is 2.77. The molecule has 3 rings (SSSR count). The molecule has 0 radical (unpaired) electrons. The number of carboxylic acids is 2. The van der Waals surface area contributed by atoms with E-state index in [1.54, 1.807) is 31.2 Å². The summed E-state index contributed by atoms with van der Waals surface area (Å²) in [6, 6.07) is 11.2. The van der Waals surface area contributed by atoms with Gasteiger partial charge in [0.15, 0.2) is 0 Å². The zero-order chi connectivity index (χ0) is 24.0. The van der Waals surface area contributed by atoms with E-state index in [1.165, 1.54) is 0 Å². The zero-order valence-electron chi connectivity index (χ0n) is 17.8. The number of rotatable bonds is 10. The number of nitrogens with one attached hydrogen (secondary N) is 3. The van der Waals surface area contributed by atoms with Gasteiger partial charge in [-0.05, 0) is 49.2 Å². The SMILES string of the molecule is Cc1nc(N)c2cc(NCc3ccc(C(=O)NN[C@@H](CCC(=O)O)C(=O)O)cc3)ccc2n1. The molecule has 0 aliphatic carbocycles. The molecule has 33 heavy (non-hydrogen) atoms. The van der Waals surface area contributed by atoms with Crippen molar-refractivity contribution in [1.82, 2.24) is 20.8 Å². The summed E-state index contributed by atoms with van der Waals surface area (Å²) in [5, 5.41) is 21.8. The first kappa shape index (κ1) is 23.4. The van der Waals surface area contributed by atoms with Gasteiger partial charge in [-0.1, -0.05) is 12.1 Å². The van der Waals surface area contributed by atoms with Crippen molar-refractivity contribution in [2.24, 2.45) is 0 Å². The van der Waals surface area contributed by atoms with Crippen LogP contribution in [0.2, 0.25) is 0 Å². The predicted molar refractivity (Wildman–Crippen MR) is 121 cm³/mol. The van der Waals surface area contributed by atoms with Crippen LogP contribution in [0.4, 0.5) is 11.5 Å². The van der Waals surface area contributed by atoms with Crippen molar-refractivity contribution in [2.75, 3.05) is 11.1 Å². The second-order valence-corrected chi connectivity index (χ2v) is 7.36. The highest BCUT2D eigenvalue weighted by molar-refractivity contribution is 5.94. The van der Waals surface area contributed by atoms with Crippen molar-refractivity contribution < 1.29 is 24.6 Å². The van der Waals surface area contributed by atoms with Gasteiger partial charge < -0.3 is 21.3 Å². The fourth-order valence-electron chi connectivity index (χ4n) is 3.11. The van der Waals surface area contributed by atoms with Crippen LogP contribution in [0.5, 0.6) is 0 Å². The Morgan fingerprint density at radius 1 is 1.06 bits per heavy atom. The number of nitrogens with two attached hydrogens (primary N) is 1. The third-order valence-corrected chi connectivity index (χ3v) is 4.85. The average molecular weight is 452 g/mol. The molecule has 1 aromatic heterocycles. The number of nitrogen functional groups attached to an aromatic ring is 1. The Balaban J connectivity index is 1.56. The summed E-state index contributed by atoms with van der Waals surface area (Å²) in [4.78, 5) is 42.6. The zero-order valence-corrected chi connectivity index (χ0v) is 17.8. The van der Waals surface area contributed by atoms with Crippen LogP contribution in [-0.2, 0) is 16.1 Å². The standard InChI is InChI=1S/C22H24N6O5/c1-12-25-17-7-6-15(10-16(17)20(23)26-12)24-11-13-2-4-14(5-3-13)21(31)28-27-18(22(32)33)8-9-19(29)30/h2-7,10,18,24,27H,8-9,11H2,1H3,(H,28,31)(H,29,30)(H,32,33)(H2,23,25,26)/t18-/m0/s1. The van der Waals surface area contributed by atoms with E-state index in [2.05, 4.69) is 26.1 Å². The molecule has 0 saturated heterocycles. The van der Waals surface area contributed by atoms with Crippen molar-refractivity contribution in [3.8, 4) is 0 Å². The van der Waals surface area contributed by atoms with Gasteiger partial charge in [0, 0.05) is 29.6 Å². The second kappa shape index (κ2) is 10.4. The lowest BCUT2D eigenvalue weighted by Gasteiger charge is -2.14. The Hall–Kier alpha value is -4.25. The summed E-state index contributed by atoms with van der Waals surface area (Å²) in [7, 11) is 0. The third-order valence-electron chi connectivity index (χ3n) is 4.85. The Kier molecular flexibility index (Phi) is 7.36. The summed E-state index contributed by atoms with van der Waals surface area (Å²) < 4.78 is 0. The van der Waals surface area contributed by atoms with E-state index in [4.69, 9.17) is 15.9 Å². The first-order chi connectivity index (χ1) is 15.7. The molecule has 3 aromatic rings. The number of carbonyl (C=O) groups excluding carboxylic acids is 1. The normalized spacial score (nSPS) is 11.7. The highest BCUT2D eigenvalue weighted by Crippen LogP contribution is 2.22. The molecule has 0 saturated carbocycles. The largest absolute Gasteiger partial charge is 0.481 e. The van der Waals surface area contributed by atoms with E-state index < -0.39 is 23.9 Å². The second-order valence-electron chi connectivity index (χ2n) is 7.36. The maximum absolute atomic E-state index is 12.3. The molecule has 11 heteroatoms. The quantitative estimate of drug-likeness (QED) is 0.248. The number of carbonyl (C=O) groups is 3. The molecule has 11 nitrogen and oxygen atoms in total. The number of hydrazine groups is 1. The minimum atomic E-state index is -1.25. The van der Waals surface area contributed by atoms with Crippen LogP contribution >= 0.6 is 0 Å². The molecule has 0 aliphatic rings. The van der Waals surface area contributed by atoms with Crippen LogP contribution in [0.1, 0.15) is 34.6 Å². The Morgan fingerprint density at radius 3 is 2.45 bits per heavy atom. The van der Waals surface area contributed by atoms with Crippen LogP contribution in [0.25, 0.3) is 10.9 Å². The number of hydrogen-bond acceptors (Lipinski definition) is 8. The molecule has 1 heterocycles. The van der Waals surface area contributed by atoms with Crippen LogP contribution in [0.15, 0.2) is 42.5 Å². The van der Waals surface area contributed by atoms with Crippen LogP contribution < -0.4 is 21.9 Å². The van der Waals surface area contributed by atoms with Gasteiger partial charge in [-0.2, -0.15) is 0 Å². The lowest BCUT2D eigenvalue weighted by molar-refractivity contribution is -0.140. The van der Waals surface area contributed by atoms with Crippen molar-refractivity contribution >= 4 is 40.3 Å². The smallest absolute Gasteiger partial charge is 0.322 e. The highest BCUT2D eigenvalue weighted by Gasteiger charge is 2.19. The number of fused-ring (bicyclic) bond motifs is 1. The lowest BCUT2D eigenvalue weighted by Crippen LogP contribution is -2.48. The van der Waals surface area contributed by atoms with Crippen molar-refractivity contribution in [1.29, 1.82) is 0 Å². The molecule has 7 N–H and O–H groups in total. The fourth-order valence-corrected chi connectivity index (χ4v) is 3.11. The Bertz CT molecular complexity index is 1180. The van der Waals surface area contributed by atoms with Gasteiger partial charge >= 0.3 is 11.9 Å². The molecule has 172 valence electrons. The fraction of sp³-hybridized carbons (Fsp3) is 0.227. The van der Waals surface area contributed by atoms with Gasteiger partial charge in [0.05, 0.1) is 5.52 Å². The van der Waals surface area contributed by atoms with Gasteiger partial charge in [-0.3, -0.25) is 19.8 Å². The van der Waals surface area contributed by atoms with E-state index in [1.807, 2.05) is 18.2 Å². The van der Waals surface area contributed by atoms with Gasteiger partial charge in [-0.15, -0.1) is 0 Å². The highest BCUT2D eigenvalue weighted by atomic mass is 16.4. The van der Waals surface area contributed by atoms with E-state index in [0.717, 1.165) is 22.2 Å². The maximum Gasteiger partial charge on any atom is 0.322 e. The van der Waals surface area contributed by atoms with Crippen LogP contribution in [-0.4, -0.2) is 44.1 Å². The summed E-state index contributed by atoms with van der Waals surface area (Å²) in [5.74, 6) is -1.88. The van der Waals surface area contributed by atoms with Gasteiger partial charge in [0.1, 0.15) is 17.7 Å².